The Labute approximate surface area is 181 Å². The van der Waals surface area contributed by atoms with Crippen molar-refractivity contribution in [3.05, 3.63) is 18.2 Å². The van der Waals surface area contributed by atoms with Crippen molar-refractivity contribution in [1.82, 2.24) is 5.32 Å². The van der Waals surface area contributed by atoms with Crippen molar-refractivity contribution in [3.8, 4) is 11.5 Å². The van der Waals surface area contributed by atoms with E-state index in [0.29, 0.717) is 36.5 Å². The maximum absolute atomic E-state index is 9.28. The quantitative estimate of drug-likeness (QED) is 0.246. The summed E-state index contributed by atoms with van der Waals surface area (Å²) in [5.41, 5.74) is 0.886. The number of aliphatic hydroxyl groups excluding tert-OH is 1. The number of aliphatic imine (C=N–C) groups is 1. The van der Waals surface area contributed by atoms with Gasteiger partial charge in [0.2, 0.25) is 0 Å². The lowest BCUT2D eigenvalue weighted by molar-refractivity contribution is 0.246. The number of halogens is 1. The van der Waals surface area contributed by atoms with Crippen LogP contribution in [0.5, 0.6) is 11.5 Å². The second-order valence-corrected chi connectivity index (χ2v) is 6.65. The molecule has 0 fully saturated rings. The number of rotatable bonds is 11. The van der Waals surface area contributed by atoms with Crippen molar-refractivity contribution in [1.29, 1.82) is 0 Å². The summed E-state index contributed by atoms with van der Waals surface area (Å²) in [5.74, 6) is 3.11. The van der Waals surface area contributed by atoms with Gasteiger partial charge < -0.3 is 25.2 Å². The van der Waals surface area contributed by atoms with E-state index in [-0.39, 0.29) is 30.6 Å². The highest BCUT2D eigenvalue weighted by atomic mass is 127. The summed E-state index contributed by atoms with van der Waals surface area (Å²) in [5, 5.41) is 15.9. The topological polar surface area (TPSA) is 75.1 Å². The molecule has 6 nitrogen and oxygen atoms in total. The fourth-order valence-electron chi connectivity index (χ4n) is 2.82. The van der Waals surface area contributed by atoms with Crippen molar-refractivity contribution in [2.24, 2.45) is 16.8 Å². The highest BCUT2D eigenvalue weighted by Gasteiger charge is 2.11. The number of benzene rings is 1. The molecule has 1 rings (SSSR count). The number of hydrogen-bond acceptors (Lipinski definition) is 4. The molecular weight excluding hydrogens is 457 g/mol. The molecule has 0 radical (unpaired) electrons. The monoisotopic (exact) mass is 493 g/mol. The van der Waals surface area contributed by atoms with Crippen molar-refractivity contribution in [2.45, 2.75) is 40.5 Å². The fourth-order valence-corrected chi connectivity index (χ4v) is 2.82. The number of hydrogen-bond donors (Lipinski definition) is 3. The Morgan fingerprint density at radius 1 is 1.22 bits per heavy atom. The number of nitrogens with one attached hydrogen (secondary N) is 2. The van der Waals surface area contributed by atoms with Crippen LogP contribution >= 0.6 is 24.0 Å². The molecule has 156 valence electrons. The molecule has 0 aliphatic carbocycles. The van der Waals surface area contributed by atoms with Crippen LogP contribution in [0.2, 0.25) is 0 Å². The summed E-state index contributed by atoms with van der Waals surface area (Å²) in [7, 11) is 1.63. The lowest BCUT2D eigenvalue weighted by atomic mass is 9.94. The first kappa shape index (κ1) is 25.8. The summed E-state index contributed by atoms with van der Waals surface area (Å²) >= 11 is 0. The summed E-state index contributed by atoms with van der Waals surface area (Å²) in [4.78, 5) is 4.71. The number of nitrogens with zero attached hydrogens (tertiary/aromatic N) is 1. The number of ether oxygens (including phenoxy) is 2. The Balaban J connectivity index is 0.00000676. The Morgan fingerprint density at radius 2 is 1.96 bits per heavy atom. The predicted octanol–water partition coefficient (Wildman–Crippen LogP) is 4.13. The van der Waals surface area contributed by atoms with Crippen molar-refractivity contribution < 1.29 is 14.6 Å². The average Bonchev–Trinajstić information content (AvgIpc) is 2.60. The third-order valence-electron chi connectivity index (χ3n) is 3.92. The van der Waals surface area contributed by atoms with Gasteiger partial charge in [0.05, 0.1) is 13.7 Å². The zero-order valence-electron chi connectivity index (χ0n) is 17.2. The van der Waals surface area contributed by atoms with Gasteiger partial charge in [0.15, 0.2) is 17.5 Å². The van der Waals surface area contributed by atoms with Crippen LogP contribution in [0, 0.1) is 11.8 Å². The van der Waals surface area contributed by atoms with E-state index >= 15 is 0 Å². The van der Waals surface area contributed by atoms with E-state index in [4.69, 9.17) is 14.5 Å². The Morgan fingerprint density at radius 3 is 2.52 bits per heavy atom. The third kappa shape index (κ3) is 10.0. The minimum Gasteiger partial charge on any atom is -0.493 e. The van der Waals surface area contributed by atoms with Crippen LogP contribution in [0.25, 0.3) is 0 Å². The second-order valence-electron chi connectivity index (χ2n) is 6.65. The molecule has 0 amide bonds. The number of methoxy groups -OCH3 is 1. The normalized spacial score (nSPS) is 12.3. The molecule has 0 aliphatic heterocycles. The van der Waals surface area contributed by atoms with Gasteiger partial charge in [0.1, 0.15) is 0 Å². The third-order valence-corrected chi connectivity index (χ3v) is 3.92. The van der Waals surface area contributed by atoms with E-state index < -0.39 is 0 Å². The minimum absolute atomic E-state index is 0. The molecule has 0 saturated heterocycles. The largest absolute Gasteiger partial charge is 0.493 e. The zero-order valence-corrected chi connectivity index (χ0v) is 19.6. The number of aliphatic hydroxyl groups is 1. The molecule has 7 heteroatoms. The smallest absolute Gasteiger partial charge is 0.195 e. The van der Waals surface area contributed by atoms with Crippen LogP contribution in [0.3, 0.4) is 0 Å². The van der Waals surface area contributed by atoms with Gasteiger partial charge >= 0.3 is 0 Å². The van der Waals surface area contributed by atoms with Gasteiger partial charge in [-0.25, -0.2) is 0 Å². The Hall–Kier alpha value is -1.22. The van der Waals surface area contributed by atoms with E-state index in [1.165, 1.54) is 0 Å². The first-order valence-corrected chi connectivity index (χ1v) is 9.50. The van der Waals surface area contributed by atoms with Gasteiger partial charge in [-0.1, -0.05) is 13.8 Å². The van der Waals surface area contributed by atoms with Gasteiger partial charge in [0.25, 0.3) is 0 Å². The number of anilines is 1. The van der Waals surface area contributed by atoms with Crippen LogP contribution in [0.4, 0.5) is 5.69 Å². The van der Waals surface area contributed by atoms with Crippen LogP contribution < -0.4 is 20.1 Å². The fraction of sp³-hybridized carbons (Fsp3) is 0.650. The summed E-state index contributed by atoms with van der Waals surface area (Å²) in [6.07, 6.45) is 1.83. The van der Waals surface area contributed by atoms with Crippen molar-refractivity contribution in [2.75, 3.05) is 38.7 Å². The van der Waals surface area contributed by atoms with Crippen LogP contribution in [-0.4, -0.2) is 44.5 Å². The van der Waals surface area contributed by atoms with Crippen molar-refractivity contribution in [3.63, 3.8) is 0 Å². The molecular formula is C20H36IN3O3. The van der Waals surface area contributed by atoms with E-state index in [0.717, 1.165) is 31.0 Å². The van der Waals surface area contributed by atoms with Gasteiger partial charge in [-0.15, -0.1) is 24.0 Å². The van der Waals surface area contributed by atoms with Crippen LogP contribution in [-0.2, 0) is 0 Å². The molecule has 3 N–H and O–H groups in total. The van der Waals surface area contributed by atoms with E-state index in [2.05, 4.69) is 24.5 Å². The molecule has 1 aromatic rings. The highest BCUT2D eigenvalue weighted by molar-refractivity contribution is 14.0. The van der Waals surface area contributed by atoms with E-state index in [9.17, 15) is 5.11 Å². The number of guanidine groups is 1. The molecule has 0 saturated carbocycles. The summed E-state index contributed by atoms with van der Waals surface area (Å²) < 4.78 is 11.0. The van der Waals surface area contributed by atoms with Gasteiger partial charge in [0, 0.05) is 31.5 Å². The predicted molar refractivity (Wildman–Crippen MR) is 124 cm³/mol. The van der Waals surface area contributed by atoms with Crippen LogP contribution in [0.15, 0.2) is 23.2 Å². The molecule has 27 heavy (non-hydrogen) atoms. The van der Waals surface area contributed by atoms with E-state index in [1.54, 1.807) is 7.11 Å². The standard InChI is InChI=1S/C20H35N3O3.HI/c1-6-21-20(22-14-16(10-11-24)12-15(3)4)23-17-8-9-18(25-5)19(13-17)26-7-2;/h8-9,13,15-16,24H,6-7,10-12,14H2,1-5H3,(H2,21,22,23);1H. The van der Waals surface area contributed by atoms with Gasteiger partial charge in [-0.2, -0.15) is 0 Å². The Kier molecular flexibility index (Phi) is 14.1. The molecule has 0 spiro atoms. The minimum atomic E-state index is 0. The Bertz CT molecular complexity index is 553. The summed E-state index contributed by atoms with van der Waals surface area (Å²) in [6, 6.07) is 5.73. The SMILES string of the molecule is CCNC(=NCC(CCO)CC(C)C)Nc1ccc(OC)c(OCC)c1.I. The first-order chi connectivity index (χ1) is 12.5. The molecule has 1 atom stereocenters. The second kappa shape index (κ2) is 14.8. The average molecular weight is 493 g/mol. The van der Waals surface area contributed by atoms with E-state index in [1.807, 2.05) is 32.0 Å². The molecule has 0 aliphatic rings. The summed E-state index contributed by atoms with van der Waals surface area (Å²) in [6.45, 7) is 10.6. The molecule has 1 aromatic carbocycles. The first-order valence-electron chi connectivity index (χ1n) is 9.50. The molecule has 0 bridgehead atoms. The molecule has 0 heterocycles. The van der Waals surface area contributed by atoms with Gasteiger partial charge in [-0.05, 0) is 50.7 Å². The van der Waals surface area contributed by atoms with Crippen LogP contribution in [0.1, 0.15) is 40.5 Å². The highest BCUT2D eigenvalue weighted by Crippen LogP contribution is 2.30. The zero-order chi connectivity index (χ0) is 19.4. The van der Waals surface area contributed by atoms with Gasteiger partial charge in [-0.3, -0.25) is 4.99 Å². The lowest BCUT2D eigenvalue weighted by Crippen LogP contribution is -2.31. The maximum Gasteiger partial charge on any atom is 0.195 e. The molecule has 1 unspecified atom stereocenters. The lowest BCUT2D eigenvalue weighted by Gasteiger charge is -2.18. The molecule has 0 aromatic heterocycles. The van der Waals surface area contributed by atoms with Crippen molar-refractivity contribution >= 4 is 35.6 Å². The maximum atomic E-state index is 9.28.